The second kappa shape index (κ2) is 5.11. The van der Waals surface area contributed by atoms with Crippen molar-refractivity contribution < 1.29 is 21.6 Å². The summed E-state index contributed by atoms with van der Waals surface area (Å²) in [7, 11) is -3.28. The van der Waals surface area contributed by atoms with E-state index in [1.807, 2.05) is 0 Å². The minimum Gasteiger partial charge on any atom is -0.268 e. The third kappa shape index (κ3) is 3.84. The molecular weight excluding hydrogens is 309 g/mol. The number of hydrogen-bond acceptors (Lipinski definition) is 4. The van der Waals surface area contributed by atoms with Crippen LogP contribution in [0.2, 0.25) is 0 Å². The van der Waals surface area contributed by atoms with Crippen LogP contribution in [0.15, 0.2) is 16.9 Å². The summed E-state index contributed by atoms with van der Waals surface area (Å²) in [4.78, 5) is 11.7. The molecule has 0 spiro atoms. The fourth-order valence-corrected chi connectivity index (χ4v) is 4.10. The molecule has 2 rings (SSSR count). The normalized spacial score (nSPS) is 18.3. The first-order valence-electron chi connectivity index (χ1n) is 6.34. The van der Waals surface area contributed by atoms with Gasteiger partial charge in [-0.25, -0.2) is 13.1 Å². The lowest BCUT2D eigenvalue weighted by atomic mass is 9.70. The van der Waals surface area contributed by atoms with Gasteiger partial charge in [0.2, 0.25) is 0 Å². The van der Waals surface area contributed by atoms with Crippen LogP contribution in [0, 0.1) is 5.41 Å². The molecule has 1 aromatic rings. The van der Waals surface area contributed by atoms with Crippen LogP contribution >= 0.6 is 0 Å². The molecule has 0 radical (unpaired) electrons. The maximum Gasteiger partial charge on any atom is 0.435 e. The molecule has 0 unspecified atom stereocenters. The predicted octanol–water partition coefficient (Wildman–Crippen LogP) is 1.48. The standard InChI is InChI=1S/C12H15F3N2O3S/c1-21(19,20)8-11(5-2-6-11)7-17-10(18)4-3-9(16-17)12(13,14)15/h3-4H,2,5-8H2,1H3. The Balaban J connectivity index is 2.32. The van der Waals surface area contributed by atoms with E-state index >= 15 is 0 Å². The zero-order valence-corrected chi connectivity index (χ0v) is 12.2. The Morgan fingerprint density at radius 2 is 1.95 bits per heavy atom. The zero-order valence-electron chi connectivity index (χ0n) is 11.4. The summed E-state index contributed by atoms with van der Waals surface area (Å²) < 4.78 is 61.5. The van der Waals surface area contributed by atoms with Crippen LogP contribution in [0.4, 0.5) is 13.2 Å². The van der Waals surface area contributed by atoms with E-state index < -0.39 is 32.7 Å². The number of sulfone groups is 1. The highest BCUT2D eigenvalue weighted by Gasteiger charge is 2.41. The van der Waals surface area contributed by atoms with Gasteiger partial charge in [-0.15, -0.1) is 0 Å². The maximum absolute atomic E-state index is 12.6. The molecule has 0 amide bonds. The molecule has 1 aliphatic carbocycles. The van der Waals surface area contributed by atoms with Crippen molar-refractivity contribution in [1.82, 2.24) is 9.78 Å². The van der Waals surface area contributed by atoms with Gasteiger partial charge in [0.15, 0.2) is 5.69 Å². The highest BCUT2D eigenvalue weighted by Crippen LogP contribution is 2.43. The van der Waals surface area contributed by atoms with Crippen molar-refractivity contribution in [1.29, 1.82) is 0 Å². The van der Waals surface area contributed by atoms with Gasteiger partial charge in [0, 0.05) is 17.7 Å². The van der Waals surface area contributed by atoms with E-state index in [2.05, 4.69) is 5.10 Å². The Hall–Kier alpha value is -1.38. The van der Waals surface area contributed by atoms with Crippen molar-refractivity contribution in [3.05, 3.63) is 28.2 Å². The van der Waals surface area contributed by atoms with Crippen LogP contribution in [0.3, 0.4) is 0 Å². The molecule has 1 aliphatic rings. The van der Waals surface area contributed by atoms with Gasteiger partial charge in [0.1, 0.15) is 9.84 Å². The molecule has 0 bridgehead atoms. The predicted molar refractivity (Wildman–Crippen MR) is 69.5 cm³/mol. The quantitative estimate of drug-likeness (QED) is 0.841. The van der Waals surface area contributed by atoms with Crippen molar-refractivity contribution >= 4 is 9.84 Å². The SMILES string of the molecule is CS(=O)(=O)CC1(Cn2nc(C(F)(F)F)ccc2=O)CCC1. The van der Waals surface area contributed by atoms with E-state index in [4.69, 9.17) is 0 Å². The number of nitrogens with zero attached hydrogens (tertiary/aromatic N) is 2. The van der Waals surface area contributed by atoms with Crippen LogP contribution in [0.25, 0.3) is 0 Å². The maximum atomic E-state index is 12.6. The highest BCUT2D eigenvalue weighted by molar-refractivity contribution is 7.90. The summed E-state index contributed by atoms with van der Waals surface area (Å²) in [6.07, 6.45) is -1.65. The van der Waals surface area contributed by atoms with Gasteiger partial charge in [0.25, 0.3) is 5.56 Å². The van der Waals surface area contributed by atoms with Crippen molar-refractivity contribution in [2.75, 3.05) is 12.0 Å². The van der Waals surface area contributed by atoms with E-state index in [9.17, 15) is 26.4 Å². The fraction of sp³-hybridized carbons (Fsp3) is 0.667. The molecule has 1 saturated carbocycles. The van der Waals surface area contributed by atoms with E-state index in [1.165, 1.54) is 0 Å². The highest BCUT2D eigenvalue weighted by atomic mass is 32.2. The molecule has 0 saturated heterocycles. The Kier molecular flexibility index (Phi) is 3.90. The summed E-state index contributed by atoms with van der Waals surface area (Å²) in [5.74, 6) is -0.148. The smallest absolute Gasteiger partial charge is 0.268 e. The summed E-state index contributed by atoms with van der Waals surface area (Å²) in [5.41, 5.74) is -2.51. The van der Waals surface area contributed by atoms with Gasteiger partial charge in [-0.1, -0.05) is 6.42 Å². The first-order chi connectivity index (χ1) is 9.51. The largest absolute Gasteiger partial charge is 0.435 e. The van der Waals surface area contributed by atoms with Crippen LogP contribution in [0.5, 0.6) is 0 Å². The zero-order chi connectivity index (χ0) is 15.9. The van der Waals surface area contributed by atoms with Crippen LogP contribution in [-0.4, -0.2) is 30.2 Å². The summed E-state index contributed by atoms with van der Waals surface area (Å²) >= 11 is 0. The molecule has 0 N–H and O–H groups in total. The Morgan fingerprint density at radius 1 is 1.33 bits per heavy atom. The van der Waals surface area contributed by atoms with Gasteiger partial charge in [-0.2, -0.15) is 18.3 Å². The second-order valence-electron chi connectivity index (χ2n) is 5.64. The van der Waals surface area contributed by atoms with Crippen molar-refractivity contribution in [2.24, 2.45) is 5.41 Å². The molecule has 0 atom stereocenters. The lowest BCUT2D eigenvalue weighted by Gasteiger charge is -2.41. The monoisotopic (exact) mass is 324 g/mol. The van der Waals surface area contributed by atoms with E-state index in [0.717, 1.165) is 23.4 Å². The number of aromatic nitrogens is 2. The number of rotatable bonds is 4. The second-order valence-corrected chi connectivity index (χ2v) is 7.78. The lowest BCUT2D eigenvalue weighted by molar-refractivity contribution is -0.142. The Morgan fingerprint density at radius 3 is 2.38 bits per heavy atom. The summed E-state index contributed by atoms with van der Waals surface area (Å²) in [6, 6.07) is 1.44. The minimum atomic E-state index is -4.64. The van der Waals surface area contributed by atoms with Crippen molar-refractivity contribution in [3.63, 3.8) is 0 Å². The molecule has 1 fully saturated rings. The fourth-order valence-electron chi connectivity index (χ4n) is 2.61. The average molecular weight is 324 g/mol. The molecule has 1 heterocycles. The Labute approximate surface area is 119 Å². The third-order valence-corrected chi connectivity index (χ3v) is 4.76. The summed E-state index contributed by atoms with van der Waals surface area (Å²) in [5, 5.41) is 3.32. The van der Waals surface area contributed by atoms with Gasteiger partial charge in [-0.3, -0.25) is 4.79 Å². The van der Waals surface area contributed by atoms with E-state index in [-0.39, 0.29) is 12.3 Å². The molecule has 9 heteroatoms. The molecular formula is C12H15F3N2O3S. The van der Waals surface area contributed by atoms with Crippen molar-refractivity contribution in [3.8, 4) is 0 Å². The number of hydrogen-bond donors (Lipinski definition) is 0. The average Bonchev–Trinajstić information content (AvgIpc) is 2.25. The number of alkyl halides is 3. The molecule has 21 heavy (non-hydrogen) atoms. The van der Waals surface area contributed by atoms with E-state index in [1.54, 1.807) is 0 Å². The molecule has 5 nitrogen and oxygen atoms in total. The molecule has 118 valence electrons. The first kappa shape index (κ1) is 16.0. The van der Waals surface area contributed by atoms with Crippen LogP contribution in [-0.2, 0) is 22.6 Å². The van der Waals surface area contributed by atoms with Gasteiger partial charge >= 0.3 is 6.18 Å². The van der Waals surface area contributed by atoms with E-state index in [0.29, 0.717) is 18.9 Å². The van der Waals surface area contributed by atoms with Gasteiger partial charge in [0.05, 0.1) is 12.3 Å². The molecule has 0 aromatic carbocycles. The summed E-state index contributed by atoms with van der Waals surface area (Å²) in [6.45, 7) is -0.108. The third-order valence-electron chi connectivity index (χ3n) is 3.62. The van der Waals surface area contributed by atoms with Gasteiger partial charge in [-0.05, 0) is 18.9 Å². The van der Waals surface area contributed by atoms with Gasteiger partial charge < -0.3 is 0 Å². The first-order valence-corrected chi connectivity index (χ1v) is 8.40. The van der Waals surface area contributed by atoms with Crippen molar-refractivity contribution in [2.45, 2.75) is 32.0 Å². The van der Waals surface area contributed by atoms with Crippen LogP contribution in [0.1, 0.15) is 25.0 Å². The topological polar surface area (TPSA) is 69.0 Å². The Bertz CT molecular complexity index is 690. The number of halogens is 3. The molecule has 0 aliphatic heterocycles. The molecule has 1 aromatic heterocycles. The minimum absolute atomic E-state index is 0.108. The lowest BCUT2D eigenvalue weighted by Crippen LogP contribution is -2.43. The van der Waals surface area contributed by atoms with Crippen LogP contribution < -0.4 is 5.56 Å².